The van der Waals surface area contributed by atoms with Crippen LogP contribution in [0.5, 0.6) is 0 Å². The molecule has 0 bridgehead atoms. The van der Waals surface area contributed by atoms with Gasteiger partial charge in [-0.1, -0.05) is 12.8 Å². The molecule has 9 nitrogen and oxygen atoms in total. The third-order valence-corrected chi connectivity index (χ3v) is 6.42. The summed E-state index contributed by atoms with van der Waals surface area (Å²) in [6.45, 7) is 1.36. The number of carbonyl (C=O) groups excluding carboxylic acids is 3. The zero-order valence-electron chi connectivity index (χ0n) is 16.1. The van der Waals surface area contributed by atoms with Gasteiger partial charge in [0.1, 0.15) is 0 Å². The summed E-state index contributed by atoms with van der Waals surface area (Å²) in [5, 5.41) is 4.88. The van der Waals surface area contributed by atoms with Crippen LogP contribution in [0.3, 0.4) is 0 Å². The summed E-state index contributed by atoms with van der Waals surface area (Å²) in [6, 6.07) is 4.69. The Bertz CT molecular complexity index is 874. The van der Waals surface area contributed by atoms with E-state index in [1.807, 2.05) is 0 Å². The summed E-state index contributed by atoms with van der Waals surface area (Å²) in [5.41, 5.74) is 0.102. The largest absolute Gasteiger partial charge is 0.449 e. The highest BCUT2D eigenvalue weighted by Crippen LogP contribution is 2.22. The lowest BCUT2D eigenvalue weighted by Crippen LogP contribution is -2.47. The number of hydrogen-bond acceptors (Lipinski definition) is 6. The number of esters is 1. The molecule has 158 valence electrons. The summed E-state index contributed by atoms with van der Waals surface area (Å²) in [6.07, 6.45) is 4.32. The van der Waals surface area contributed by atoms with Gasteiger partial charge in [0, 0.05) is 12.1 Å². The van der Waals surface area contributed by atoms with Crippen molar-refractivity contribution in [3.05, 3.63) is 29.8 Å². The molecule has 2 saturated carbocycles. The van der Waals surface area contributed by atoms with Crippen LogP contribution in [-0.4, -0.2) is 44.5 Å². The second-order valence-electron chi connectivity index (χ2n) is 7.41. The molecule has 0 aromatic heterocycles. The van der Waals surface area contributed by atoms with Crippen molar-refractivity contribution in [3.63, 3.8) is 0 Å². The van der Waals surface area contributed by atoms with Crippen LogP contribution in [0, 0.1) is 0 Å². The molecule has 2 fully saturated rings. The first-order valence-electron chi connectivity index (χ1n) is 9.69. The summed E-state index contributed by atoms with van der Waals surface area (Å²) < 4.78 is 31.9. The molecule has 0 radical (unpaired) electrons. The fraction of sp³-hybridized carbons (Fsp3) is 0.526. The van der Waals surface area contributed by atoms with Crippen LogP contribution < -0.4 is 15.4 Å². The van der Waals surface area contributed by atoms with Gasteiger partial charge in [-0.2, -0.15) is 0 Å². The maximum atomic E-state index is 12.2. The fourth-order valence-corrected chi connectivity index (χ4v) is 4.35. The van der Waals surface area contributed by atoms with Gasteiger partial charge in [0.25, 0.3) is 5.91 Å². The number of sulfonamides is 1. The zero-order chi connectivity index (χ0) is 21.0. The van der Waals surface area contributed by atoms with Crippen molar-refractivity contribution < 1.29 is 27.5 Å². The second-order valence-corrected chi connectivity index (χ2v) is 9.13. The fourth-order valence-electron chi connectivity index (χ4n) is 3.05. The SMILES string of the molecule is CC(OC(=O)c1ccc(S(=O)(=O)NC2CC2)cc1)C(=O)NC(=O)NC1CCCC1. The van der Waals surface area contributed by atoms with E-state index in [1.165, 1.54) is 31.2 Å². The van der Waals surface area contributed by atoms with E-state index in [0.29, 0.717) is 0 Å². The molecule has 29 heavy (non-hydrogen) atoms. The normalized spacial score (nSPS) is 18.1. The molecular weight excluding hydrogens is 398 g/mol. The minimum Gasteiger partial charge on any atom is -0.449 e. The van der Waals surface area contributed by atoms with Crippen molar-refractivity contribution in [2.24, 2.45) is 0 Å². The molecule has 2 aliphatic carbocycles. The van der Waals surface area contributed by atoms with Crippen LogP contribution in [0.15, 0.2) is 29.2 Å². The molecule has 1 aromatic carbocycles. The average molecular weight is 423 g/mol. The molecule has 1 aromatic rings. The van der Waals surface area contributed by atoms with Gasteiger partial charge in [-0.25, -0.2) is 22.7 Å². The molecule has 3 rings (SSSR count). The number of nitrogens with one attached hydrogen (secondary N) is 3. The van der Waals surface area contributed by atoms with Gasteiger partial charge in [0.05, 0.1) is 10.5 Å². The lowest BCUT2D eigenvalue weighted by molar-refractivity contribution is -0.127. The quantitative estimate of drug-likeness (QED) is 0.569. The van der Waals surface area contributed by atoms with Crippen molar-refractivity contribution in [1.82, 2.24) is 15.4 Å². The molecular formula is C19H25N3O6S. The van der Waals surface area contributed by atoms with Crippen molar-refractivity contribution in [2.75, 3.05) is 0 Å². The predicted octanol–water partition coefficient (Wildman–Crippen LogP) is 1.44. The number of carbonyl (C=O) groups is 3. The van der Waals surface area contributed by atoms with Crippen molar-refractivity contribution in [1.29, 1.82) is 0 Å². The number of urea groups is 1. The van der Waals surface area contributed by atoms with E-state index in [1.54, 1.807) is 0 Å². The van der Waals surface area contributed by atoms with Crippen molar-refractivity contribution in [3.8, 4) is 0 Å². The molecule has 2 aliphatic rings. The number of rotatable bonds is 7. The Morgan fingerprint density at radius 2 is 1.62 bits per heavy atom. The molecule has 3 N–H and O–H groups in total. The van der Waals surface area contributed by atoms with E-state index in [-0.39, 0.29) is 22.5 Å². The van der Waals surface area contributed by atoms with E-state index in [4.69, 9.17) is 4.74 Å². The Kier molecular flexibility index (Phi) is 6.53. The minimum atomic E-state index is -3.61. The Balaban J connectivity index is 1.50. The van der Waals surface area contributed by atoms with Crippen LogP contribution in [0.1, 0.15) is 55.8 Å². The average Bonchev–Trinajstić information content (AvgIpc) is 3.32. The third kappa shape index (κ3) is 6.01. The molecule has 0 heterocycles. The second kappa shape index (κ2) is 8.91. The van der Waals surface area contributed by atoms with Gasteiger partial charge >= 0.3 is 12.0 Å². The number of imide groups is 1. The number of ether oxygens (including phenoxy) is 1. The molecule has 0 saturated heterocycles. The third-order valence-electron chi connectivity index (χ3n) is 4.88. The smallest absolute Gasteiger partial charge is 0.338 e. The van der Waals surface area contributed by atoms with E-state index in [9.17, 15) is 22.8 Å². The van der Waals surface area contributed by atoms with Crippen LogP contribution in [0.25, 0.3) is 0 Å². The van der Waals surface area contributed by atoms with Gasteiger partial charge in [-0.05, 0) is 56.9 Å². The molecule has 0 spiro atoms. The van der Waals surface area contributed by atoms with Crippen molar-refractivity contribution >= 4 is 27.9 Å². The highest BCUT2D eigenvalue weighted by Gasteiger charge is 2.28. The van der Waals surface area contributed by atoms with E-state index < -0.39 is 34.0 Å². The van der Waals surface area contributed by atoms with Gasteiger partial charge in [0.2, 0.25) is 10.0 Å². The highest BCUT2D eigenvalue weighted by molar-refractivity contribution is 7.89. The van der Waals surface area contributed by atoms with E-state index in [2.05, 4.69) is 15.4 Å². The predicted molar refractivity (Wildman–Crippen MR) is 104 cm³/mol. The molecule has 1 unspecified atom stereocenters. The minimum absolute atomic E-state index is 0.0186. The van der Waals surface area contributed by atoms with Gasteiger partial charge in [-0.15, -0.1) is 0 Å². The monoisotopic (exact) mass is 423 g/mol. The first-order valence-corrected chi connectivity index (χ1v) is 11.2. The summed E-state index contributed by atoms with van der Waals surface area (Å²) in [5.74, 6) is -1.52. The summed E-state index contributed by atoms with van der Waals surface area (Å²) >= 11 is 0. The van der Waals surface area contributed by atoms with Gasteiger partial charge in [-0.3, -0.25) is 10.1 Å². The lowest BCUT2D eigenvalue weighted by atomic mass is 10.2. The maximum absolute atomic E-state index is 12.2. The number of benzene rings is 1. The molecule has 1 atom stereocenters. The van der Waals surface area contributed by atoms with Crippen molar-refractivity contribution in [2.45, 2.75) is 68.5 Å². The van der Waals surface area contributed by atoms with Crippen LogP contribution in [-0.2, 0) is 19.6 Å². The summed E-state index contributed by atoms with van der Waals surface area (Å²) in [7, 11) is -3.61. The van der Waals surface area contributed by atoms with Gasteiger partial charge in [0.15, 0.2) is 6.10 Å². The highest BCUT2D eigenvalue weighted by atomic mass is 32.2. The standard InChI is InChI=1S/C19H25N3O6S/c1-12(17(23)21-19(25)20-14-4-2-3-5-14)28-18(24)13-6-10-16(11-7-13)29(26,27)22-15-8-9-15/h6-7,10-12,14-15,22H,2-5,8-9H2,1H3,(H2,20,21,23,25). The Labute approximate surface area is 169 Å². The Morgan fingerprint density at radius 1 is 1.00 bits per heavy atom. The molecule has 3 amide bonds. The number of hydrogen-bond donors (Lipinski definition) is 3. The van der Waals surface area contributed by atoms with E-state index in [0.717, 1.165) is 38.5 Å². The topological polar surface area (TPSA) is 131 Å². The van der Waals surface area contributed by atoms with E-state index >= 15 is 0 Å². The zero-order valence-corrected chi connectivity index (χ0v) is 17.0. The van der Waals surface area contributed by atoms with Crippen LogP contribution >= 0.6 is 0 Å². The van der Waals surface area contributed by atoms with Gasteiger partial charge < -0.3 is 10.1 Å². The summed E-state index contributed by atoms with van der Waals surface area (Å²) in [4.78, 5) is 36.1. The Morgan fingerprint density at radius 3 is 2.21 bits per heavy atom. The van der Waals surface area contributed by atoms with Crippen LogP contribution in [0.4, 0.5) is 4.79 Å². The number of amides is 3. The molecule has 0 aliphatic heterocycles. The first-order chi connectivity index (χ1) is 13.7. The molecule has 10 heteroatoms. The van der Waals surface area contributed by atoms with Crippen LogP contribution in [0.2, 0.25) is 0 Å². The Hall–Kier alpha value is -2.46. The lowest BCUT2D eigenvalue weighted by Gasteiger charge is -2.15. The first kappa shape index (κ1) is 21.3. The maximum Gasteiger partial charge on any atom is 0.338 e.